The normalized spacial score (nSPS) is 16.8. The first-order valence-electron chi connectivity index (χ1n) is 5.35. The van der Waals surface area contributed by atoms with E-state index in [1.165, 1.54) is 38.8 Å². The molecule has 0 aliphatic heterocycles. The summed E-state index contributed by atoms with van der Waals surface area (Å²) in [6, 6.07) is 0. The van der Waals surface area contributed by atoms with Gasteiger partial charge in [0.1, 0.15) is 0 Å². The van der Waals surface area contributed by atoms with Crippen LogP contribution in [0.5, 0.6) is 0 Å². The molecule has 2 N–H and O–H groups in total. The first-order chi connectivity index (χ1) is 5.93. The molecule has 0 aromatic carbocycles. The van der Waals surface area contributed by atoms with Crippen molar-refractivity contribution in [1.29, 1.82) is 0 Å². The molecule has 0 aromatic heterocycles. The lowest BCUT2D eigenvalue weighted by molar-refractivity contribution is 0.575. The standard InChI is InChI=1S/C10H22N2/c1-2-11-7-3-8-12-9-6-10-4-5-10/h10-12H,2-9H2,1H3. The lowest BCUT2D eigenvalue weighted by atomic mass is 10.3. The van der Waals surface area contributed by atoms with Crippen molar-refractivity contribution in [3.63, 3.8) is 0 Å². The van der Waals surface area contributed by atoms with Crippen LogP contribution in [-0.2, 0) is 0 Å². The first-order valence-corrected chi connectivity index (χ1v) is 5.35. The van der Waals surface area contributed by atoms with E-state index in [2.05, 4.69) is 17.6 Å². The third-order valence-corrected chi connectivity index (χ3v) is 2.38. The van der Waals surface area contributed by atoms with Crippen LogP contribution in [0.15, 0.2) is 0 Å². The molecule has 1 saturated carbocycles. The molecule has 0 unspecified atom stereocenters. The van der Waals surface area contributed by atoms with E-state index < -0.39 is 0 Å². The minimum absolute atomic E-state index is 1.08. The van der Waals surface area contributed by atoms with E-state index in [0.29, 0.717) is 0 Å². The summed E-state index contributed by atoms with van der Waals surface area (Å²) in [5.41, 5.74) is 0. The number of hydrogen-bond donors (Lipinski definition) is 2. The summed E-state index contributed by atoms with van der Waals surface area (Å²) in [5.74, 6) is 1.08. The molecule has 72 valence electrons. The van der Waals surface area contributed by atoms with Crippen LogP contribution in [0.2, 0.25) is 0 Å². The van der Waals surface area contributed by atoms with E-state index in [4.69, 9.17) is 0 Å². The average molecular weight is 170 g/mol. The molecule has 0 radical (unpaired) electrons. The van der Waals surface area contributed by atoms with Gasteiger partial charge in [-0.15, -0.1) is 0 Å². The monoisotopic (exact) mass is 170 g/mol. The summed E-state index contributed by atoms with van der Waals surface area (Å²) in [6.07, 6.45) is 5.64. The zero-order valence-electron chi connectivity index (χ0n) is 8.23. The molecule has 0 aromatic rings. The van der Waals surface area contributed by atoms with Crippen LogP contribution >= 0.6 is 0 Å². The van der Waals surface area contributed by atoms with Crippen molar-refractivity contribution in [2.24, 2.45) is 5.92 Å². The van der Waals surface area contributed by atoms with Crippen LogP contribution in [0.1, 0.15) is 32.6 Å². The van der Waals surface area contributed by atoms with Gasteiger partial charge in [-0.2, -0.15) is 0 Å². The zero-order chi connectivity index (χ0) is 8.65. The van der Waals surface area contributed by atoms with Crippen molar-refractivity contribution in [2.45, 2.75) is 32.6 Å². The van der Waals surface area contributed by atoms with Gasteiger partial charge in [0, 0.05) is 0 Å². The Labute approximate surface area is 76.1 Å². The minimum atomic E-state index is 1.08. The number of nitrogens with one attached hydrogen (secondary N) is 2. The fourth-order valence-corrected chi connectivity index (χ4v) is 1.35. The predicted octanol–water partition coefficient (Wildman–Crippen LogP) is 1.38. The lowest BCUT2D eigenvalue weighted by Gasteiger charge is -2.03. The molecular formula is C10H22N2. The summed E-state index contributed by atoms with van der Waals surface area (Å²) in [6.45, 7) is 6.83. The maximum atomic E-state index is 3.48. The van der Waals surface area contributed by atoms with Crippen molar-refractivity contribution in [3.05, 3.63) is 0 Å². The Hall–Kier alpha value is -0.0800. The van der Waals surface area contributed by atoms with Gasteiger partial charge in [-0.3, -0.25) is 0 Å². The summed E-state index contributed by atoms with van der Waals surface area (Å²) in [4.78, 5) is 0. The van der Waals surface area contributed by atoms with Crippen molar-refractivity contribution in [1.82, 2.24) is 10.6 Å². The van der Waals surface area contributed by atoms with Gasteiger partial charge in [0.15, 0.2) is 0 Å². The minimum Gasteiger partial charge on any atom is -0.317 e. The molecule has 0 atom stereocenters. The Kier molecular flexibility index (Phi) is 5.37. The van der Waals surface area contributed by atoms with Crippen molar-refractivity contribution >= 4 is 0 Å². The summed E-state index contributed by atoms with van der Waals surface area (Å²) >= 11 is 0. The summed E-state index contributed by atoms with van der Waals surface area (Å²) in [5, 5.41) is 6.80. The molecule has 0 bridgehead atoms. The second-order valence-electron chi connectivity index (χ2n) is 3.69. The van der Waals surface area contributed by atoms with Gasteiger partial charge in [0.05, 0.1) is 0 Å². The highest BCUT2D eigenvalue weighted by Crippen LogP contribution is 2.31. The van der Waals surface area contributed by atoms with Crippen LogP contribution < -0.4 is 10.6 Å². The highest BCUT2D eigenvalue weighted by molar-refractivity contribution is 4.73. The molecule has 0 amide bonds. The Morgan fingerprint density at radius 3 is 2.50 bits per heavy atom. The fraction of sp³-hybridized carbons (Fsp3) is 1.00. The van der Waals surface area contributed by atoms with Gasteiger partial charge in [0.2, 0.25) is 0 Å². The smallest absolute Gasteiger partial charge is 0.00368 e. The van der Waals surface area contributed by atoms with Crippen LogP contribution in [0.3, 0.4) is 0 Å². The largest absolute Gasteiger partial charge is 0.317 e. The molecule has 0 heterocycles. The van der Waals surface area contributed by atoms with E-state index in [0.717, 1.165) is 19.0 Å². The van der Waals surface area contributed by atoms with Gasteiger partial charge in [-0.1, -0.05) is 19.8 Å². The van der Waals surface area contributed by atoms with Gasteiger partial charge in [-0.25, -0.2) is 0 Å². The van der Waals surface area contributed by atoms with E-state index in [-0.39, 0.29) is 0 Å². The number of hydrogen-bond acceptors (Lipinski definition) is 2. The Morgan fingerprint density at radius 2 is 1.83 bits per heavy atom. The maximum absolute atomic E-state index is 3.48. The second-order valence-corrected chi connectivity index (χ2v) is 3.69. The summed E-state index contributed by atoms with van der Waals surface area (Å²) in [7, 11) is 0. The van der Waals surface area contributed by atoms with E-state index in [1.807, 2.05) is 0 Å². The molecule has 1 aliphatic carbocycles. The molecule has 2 heteroatoms. The number of rotatable bonds is 8. The van der Waals surface area contributed by atoms with Gasteiger partial charge in [-0.05, 0) is 44.9 Å². The Bertz CT molecular complexity index is 100. The molecule has 0 spiro atoms. The molecule has 12 heavy (non-hydrogen) atoms. The van der Waals surface area contributed by atoms with E-state index in [9.17, 15) is 0 Å². The van der Waals surface area contributed by atoms with Crippen molar-refractivity contribution < 1.29 is 0 Å². The predicted molar refractivity (Wildman–Crippen MR) is 53.4 cm³/mol. The maximum Gasteiger partial charge on any atom is -0.00368 e. The topological polar surface area (TPSA) is 24.1 Å². The van der Waals surface area contributed by atoms with E-state index >= 15 is 0 Å². The van der Waals surface area contributed by atoms with Gasteiger partial charge < -0.3 is 10.6 Å². The Morgan fingerprint density at radius 1 is 1.08 bits per heavy atom. The highest BCUT2D eigenvalue weighted by atomic mass is 14.9. The van der Waals surface area contributed by atoms with Gasteiger partial charge in [0.25, 0.3) is 0 Å². The molecule has 2 nitrogen and oxygen atoms in total. The lowest BCUT2D eigenvalue weighted by Crippen LogP contribution is -2.22. The van der Waals surface area contributed by atoms with Crippen LogP contribution in [0.25, 0.3) is 0 Å². The SMILES string of the molecule is CCNCCCNCCC1CC1. The Balaban J connectivity index is 1.65. The van der Waals surface area contributed by atoms with Gasteiger partial charge >= 0.3 is 0 Å². The van der Waals surface area contributed by atoms with Crippen LogP contribution in [-0.4, -0.2) is 26.2 Å². The van der Waals surface area contributed by atoms with Crippen LogP contribution in [0, 0.1) is 5.92 Å². The molecule has 1 rings (SSSR count). The third kappa shape index (κ3) is 5.56. The molecule has 1 fully saturated rings. The fourth-order valence-electron chi connectivity index (χ4n) is 1.35. The molecule has 0 saturated heterocycles. The molecular weight excluding hydrogens is 148 g/mol. The summed E-state index contributed by atoms with van der Waals surface area (Å²) < 4.78 is 0. The van der Waals surface area contributed by atoms with Crippen molar-refractivity contribution in [2.75, 3.05) is 26.2 Å². The second kappa shape index (κ2) is 6.44. The zero-order valence-corrected chi connectivity index (χ0v) is 8.23. The first kappa shape index (κ1) is 10.0. The quantitative estimate of drug-likeness (QED) is 0.538. The highest BCUT2D eigenvalue weighted by Gasteiger charge is 2.19. The van der Waals surface area contributed by atoms with E-state index in [1.54, 1.807) is 0 Å². The average Bonchev–Trinajstić information content (AvgIpc) is 2.87. The molecule has 1 aliphatic rings. The van der Waals surface area contributed by atoms with Crippen LogP contribution in [0.4, 0.5) is 0 Å². The third-order valence-electron chi connectivity index (χ3n) is 2.38. The van der Waals surface area contributed by atoms with Crippen molar-refractivity contribution in [3.8, 4) is 0 Å².